The Labute approximate surface area is 144 Å². The minimum Gasteiger partial charge on any atom is -0.469 e. The summed E-state index contributed by atoms with van der Waals surface area (Å²) in [6, 6.07) is 14.7. The number of furan rings is 1. The number of amides is 1. The van der Waals surface area contributed by atoms with Gasteiger partial charge in [0, 0.05) is 45.1 Å². The summed E-state index contributed by atoms with van der Waals surface area (Å²) in [5.74, 6) is 1.14. The Morgan fingerprint density at radius 1 is 1.17 bits per heavy atom. The lowest BCUT2D eigenvalue weighted by Gasteiger charge is -2.41. The largest absolute Gasteiger partial charge is 0.469 e. The molecule has 0 saturated carbocycles. The van der Waals surface area contributed by atoms with Crippen LogP contribution in [0.4, 0.5) is 0 Å². The third kappa shape index (κ3) is 4.26. The van der Waals surface area contributed by atoms with Crippen molar-refractivity contribution >= 4 is 5.91 Å². The number of rotatable bonds is 6. The number of carbonyl (C=O) groups is 1. The van der Waals surface area contributed by atoms with Gasteiger partial charge in [-0.15, -0.1) is 0 Å². The molecular formula is C20H26N2O2. The zero-order valence-corrected chi connectivity index (χ0v) is 14.4. The molecule has 128 valence electrons. The van der Waals surface area contributed by atoms with Crippen molar-refractivity contribution in [2.75, 3.05) is 19.6 Å². The summed E-state index contributed by atoms with van der Waals surface area (Å²) in [5.41, 5.74) is 1.34. The fraction of sp³-hybridized carbons (Fsp3) is 0.450. The van der Waals surface area contributed by atoms with Crippen molar-refractivity contribution in [1.82, 2.24) is 9.80 Å². The van der Waals surface area contributed by atoms with Crippen molar-refractivity contribution in [3.63, 3.8) is 0 Å². The van der Waals surface area contributed by atoms with Crippen LogP contribution >= 0.6 is 0 Å². The van der Waals surface area contributed by atoms with Gasteiger partial charge in [-0.2, -0.15) is 0 Å². The van der Waals surface area contributed by atoms with E-state index in [0.717, 1.165) is 38.4 Å². The lowest BCUT2D eigenvalue weighted by atomic mass is 10.1. The Morgan fingerprint density at radius 2 is 2.00 bits per heavy atom. The molecule has 0 N–H and O–H groups in total. The fourth-order valence-electron chi connectivity index (χ4n) is 3.41. The van der Waals surface area contributed by atoms with Crippen LogP contribution in [0.15, 0.2) is 53.1 Å². The van der Waals surface area contributed by atoms with E-state index in [2.05, 4.69) is 41.0 Å². The predicted molar refractivity (Wildman–Crippen MR) is 94.5 cm³/mol. The first-order chi connectivity index (χ1) is 11.8. The van der Waals surface area contributed by atoms with Crippen LogP contribution in [0.3, 0.4) is 0 Å². The van der Waals surface area contributed by atoms with Crippen LogP contribution < -0.4 is 0 Å². The van der Waals surface area contributed by atoms with Crippen molar-refractivity contribution in [3.05, 3.63) is 60.1 Å². The molecule has 1 atom stereocenters. The number of hydrogen-bond donors (Lipinski definition) is 0. The molecule has 1 aromatic carbocycles. The van der Waals surface area contributed by atoms with Crippen molar-refractivity contribution in [2.45, 2.75) is 38.8 Å². The second-order valence-corrected chi connectivity index (χ2v) is 6.45. The monoisotopic (exact) mass is 326 g/mol. The molecule has 1 aliphatic rings. The molecule has 4 heteroatoms. The lowest BCUT2D eigenvalue weighted by Crippen LogP contribution is -2.54. The van der Waals surface area contributed by atoms with E-state index in [4.69, 9.17) is 4.42 Å². The number of piperazine rings is 1. The van der Waals surface area contributed by atoms with Gasteiger partial charge in [0.15, 0.2) is 0 Å². The summed E-state index contributed by atoms with van der Waals surface area (Å²) < 4.78 is 5.33. The highest BCUT2D eigenvalue weighted by Gasteiger charge is 2.28. The SMILES string of the molecule is CCC1CN(Cc2ccccc2)CCN1C(=O)CCc1ccco1. The summed E-state index contributed by atoms with van der Waals surface area (Å²) >= 11 is 0. The van der Waals surface area contributed by atoms with Gasteiger partial charge >= 0.3 is 0 Å². The quantitative estimate of drug-likeness (QED) is 0.817. The molecule has 0 radical (unpaired) electrons. The molecule has 2 heterocycles. The first-order valence-electron chi connectivity index (χ1n) is 8.84. The molecule has 2 aromatic rings. The molecule has 1 unspecified atom stereocenters. The summed E-state index contributed by atoms with van der Waals surface area (Å²) in [5, 5.41) is 0. The highest BCUT2D eigenvalue weighted by molar-refractivity contribution is 5.76. The molecule has 1 amide bonds. The van der Waals surface area contributed by atoms with E-state index in [9.17, 15) is 4.79 Å². The molecule has 1 saturated heterocycles. The molecular weight excluding hydrogens is 300 g/mol. The maximum absolute atomic E-state index is 12.6. The van der Waals surface area contributed by atoms with Gasteiger partial charge in [-0.25, -0.2) is 0 Å². The van der Waals surface area contributed by atoms with Gasteiger partial charge in [0.25, 0.3) is 0 Å². The topological polar surface area (TPSA) is 36.7 Å². The average molecular weight is 326 g/mol. The number of nitrogens with zero attached hydrogens (tertiary/aromatic N) is 2. The number of aryl methyl sites for hydroxylation is 1. The van der Waals surface area contributed by atoms with Crippen LogP contribution in [0.2, 0.25) is 0 Å². The van der Waals surface area contributed by atoms with Crippen molar-refractivity contribution in [2.24, 2.45) is 0 Å². The highest BCUT2D eigenvalue weighted by atomic mass is 16.3. The third-order valence-electron chi connectivity index (χ3n) is 4.77. The summed E-state index contributed by atoms with van der Waals surface area (Å²) in [6.45, 7) is 5.85. The predicted octanol–water partition coefficient (Wildman–Crippen LogP) is 3.34. The van der Waals surface area contributed by atoms with Crippen LogP contribution in [-0.4, -0.2) is 41.4 Å². The molecule has 0 bridgehead atoms. The second-order valence-electron chi connectivity index (χ2n) is 6.45. The smallest absolute Gasteiger partial charge is 0.223 e. The third-order valence-corrected chi connectivity index (χ3v) is 4.77. The van der Waals surface area contributed by atoms with Gasteiger partial charge in [0.2, 0.25) is 5.91 Å². The van der Waals surface area contributed by atoms with Crippen LogP contribution in [0.1, 0.15) is 31.1 Å². The minimum atomic E-state index is 0.248. The van der Waals surface area contributed by atoms with Gasteiger partial charge in [-0.05, 0) is 24.1 Å². The molecule has 24 heavy (non-hydrogen) atoms. The zero-order valence-electron chi connectivity index (χ0n) is 14.4. The van der Waals surface area contributed by atoms with Gasteiger partial charge in [-0.1, -0.05) is 37.3 Å². The van der Waals surface area contributed by atoms with E-state index >= 15 is 0 Å². The lowest BCUT2D eigenvalue weighted by molar-refractivity contribution is -0.136. The zero-order chi connectivity index (χ0) is 16.8. The van der Waals surface area contributed by atoms with E-state index in [0.29, 0.717) is 18.9 Å². The maximum Gasteiger partial charge on any atom is 0.223 e. The normalized spacial score (nSPS) is 18.7. The Kier molecular flexibility index (Phi) is 5.70. The minimum absolute atomic E-state index is 0.248. The van der Waals surface area contributed by atoms with Crippen molar-refractivity contribution in [3.8, 4) is 0 Å². The standard InChI is InChI=1S/C20H26N2O2/c1-2-18-16-21(15-17-7-4-3-5-8-17)12-13-22(18)20(23)11-10-19-9-6-14-24-19/h3-9,14,18H,2,10-13,15-16H2,1H3. The van der Waals surface area contributed by atoms with E-state index in [-0.39, 0.29) is 5.91 Å². The summed E-state index contributed by atoms with van der Waals surface area (Å²) in [4.78, 5) is 17.1. The second kappa shape index (κ2) is 8.15. The first kappa shape index (κ1) is 16.8. The van der Waals surface area contributed by atoms with Crippen LogP contribution in [0.25, 0.3) is 0 Å². The van der Waals surface area contributed by atoms with E-state index in [1.165, 1.54) is 5.56 Å². The van der Waals surface area contributed by atoms with Gasteiger partial charge in [0.05, 0.1) is 6.26 Å². The van der Waals surface area contributed by atoms with Gasteiger partial charge in [0.1, 0.15) is 5.76 Å². The number of benzene rings is 1. The van der Waals surface area contributed by atoms with Gasteiger partial charge in [-0.3, -0.25) is 9.69 Å². The Morgan fingerprint density at radius 3 is 2.71 bits per heavy atom. The van der Waals surface area contributed by atoms with Crippen LogP contribution in [-0.2, 0) is 17.8 Å². The maximum atomic E-state index is 12.6. The summed E-state index contributed by atoms with van der Waals surface area (Å²) in [7, 11) is 0. The molecule has 1 aliphatic heterocycles. The van der Waals surface area contributed by atoms with Crippen molar-refractivity contribution in [1.29, 1.82) is 0 Å². The molecule has 3 rings (SSSR count). The molecule has 1 fully saturated rings. The molecule has 0 spiro atoms. The number of hydrogen-bond acceptors (Lipinski definition) is 3. The van der Waals surface area contributed by atoms with Crippen LogP contribution in [0, 0.1) is 0 Å². The molecule has 4 nitrogen and oxygen atoms in total. The Hall–Kier alpha value is -2.07. The van der Waals surface area contributed by atoms with E-state index in [1.54, 1.807) is 6.26 Å². The van der Waals surface area contributed by atoms with Gasteiger partial charge < -0.3 is 9.32 Å². The fourth-order valence-corrected chi connectivity index (χ4v) is 3.41. The highest BCUT2D eigenvalue weighted by Crippen LogP contribution is 2.17. The Bertz CT molecular complexity index is 624. The number of carbonyl (C=O) groups excluding carboxylic acids is 1. The van der Waals surface area contributed by atoms with Crippen LogP contribution in [0.5, 0.6) is 0 Å². The van der Waals surface area contributed by atoms with Crippen molar-refractivity contribution < 1.29 is 9.21 Å². The van der Waals surface area contributed by atoms with E-state index < -0.39 is 0 Å². The molecule has 1 aromatic heterocycles. The average Bonchev–Trinajstić information content (AvgIpc) is 3.14. The van der Waals surface area contributed by atoms with E-state index in [1.807, 2.05) is 18.2 Å². The summed E-state index contributed by atoms with van der Waals surface area (Å²) in [6.07, 6.45) is 3.88. The molecule has 0 aliphatic carbocycles. The Balaban J connectivity index is 1.53. The first-order valence-corrected chi connectivity index (χ1v) is 8.84.